The smallest absolute Gasteiger partial charge is 0.255 e. The lowest BCUT2D eigenvalue weighted by molar-refractivity contribution is -0.119. The molecular formula is C23H29ClN4O2. The third-order valence-electron chi connectivity index (χ3n) is 6.52. The molecule has 0 saturated heterocycles. The van der Waals surface area contributed by atoms with Crippen molar-refractivity contribution in [1.29, 1.82) is 0 Å². The van der Waals surface area contributed by atoms with Crippen LogP contribution in [0.2, 0.25) is 5.02 Å². The fourth-order valence-corrected chi connectivity index (χ4v) is 4.97. The first kappa shape index (κ1) is 20.9. The Morgan fingerprint density at radius 3 is 2.63 bits per heavy atom. The van der Waals surface area contributed by atoms with Crippen LogP contribution in [0.1, 0.15) is 67.1 Å². The first-order valence-corrected chi connectivity index (χ1v) is 11.2. The van der Waals surface area contributed by atoms with E-state index in [1.165, 1.54) is 13.3 Å². The SMILES string of the molecule is CC(=O)NCC1CCn2ncc(C(=O)NC3(c4ccc(Cl)cc4)CCCCC3)c2C1. The van der Waals surface area contributed by atoms with Crippen molar-refractivity contribution in [3.8, 4) is 0 Å². The van der Waals surface area contributed by atoms with E-state index < -0.39 is 0 Å². The summed E-state index contributed by atoms with van der Waals surface area (Å²) in [6, 6.07) is 7.86. The topological polar surface area (TPSA) is 76.0 Å². The van der Waals surface area contributed by atoms with E-state index in [2.05, 4.69) is 15.7 Å². The van der Waals surface area contributed by atoms with Gasteiger partial charge in [0, 0.05) is 25.0 Å². The third kappa shape index (κ3) is 4.38. The lowest BCUT2D eigenvalue weighted by atomic mass is 9.76. The molecule has 1 aromatic carbocycles. The van der Waals surface area contributed by atoms with Crippen molar-refractivity contribution >= 4 is 23.4 Å². The molecule has 0 spiro atoms. The summed E-state index contributed by atoms with van der Waals surface area (Å²) in [5.41, 5.74) is 2.38. The lowest BCUT2D eigenvalue weighted by Gasteiger charge is -2.39. The summed E-state index contributed by atoms with van der Waals surface area (Å²) in [5, 5.41) is 11.4. The zero-order valence-electron chi connectivity index (χ0n) is 17.4. The summed E-state index contributed by atoms with van der Waals surface area (Å²) >= 11 is 6.10. The molecule has 2 heterocycles. The molecule has 2 aromatic rings. The first-order valence-electron chi connectivity index (χ1n) is 10.8. The number of benzene rings is 1. The molecule has 2 aliphatic rings. The van der Waals surface area contributed by atoms with Crippen molar-refractivity contribution in [3.63, 3.8) is 0 Å². The Kier molecular flexibility index (Phi) is 6.14. The summed E-state index contributed by atoms with van der Waals surface area (Å²) in [5.74, 6) is 0.243. The van der Waals surface area contributed by atoms with Gasteiger partial charge in [0.15, 0.2) is 0 Å². The summed E-state index contributed by atoms with van der Waals surface area (Å²) < 4.78 is 1.94. The predicted octanol–water partition coefficient (Wildman–Crippen LogP) is 3.82. The molecular weight excluding hydrogens is 400 g/mol. The van der Waals surface area contributed by atoms with Crippen molar-refractivity contribution in [1.82, 2.24) is 20.4 Å². The van der Waals surface area contributed by atoms with Crippen LogP contribution in [0.4, 0.5) is 0 Å². The normalized spacial score (nSPS) is 20.3. The van der Waals surface area contributed by atoms with Gasteiger partial charge in [-0.1, -0.05) is 43.0 Å². The lowest BCUT2D eigenvalue weighted by Crippen LogP contribution is -2.47. The number of nitrogens with zero attached hydrogens (tertiary/aromatic N) is 2. The highest BCUT2D eigenvalue weighted by molar-refractivity contribution is 6.30. The molecule has 1 aliphatic heterocycles. The molecule has 1 aromatic heterocycles. The highest BCUT2D eigenvalue weighted by Crippen LogP contribution is 2.38. The molecule has 2 N–H and O–H groups in total. The summed E-state index contributed by atoms with van der Waals surface area (Å²) in [4.78, 5) is 24.7. The zero-order valence-corrected chi connectivity index (χ0v) is 18.2. The van der Waals surface area contributed by atoms with Crippen LogP contribution in [-0.4, -0.2) is 28.1 Å². The standard InChI is InChI=1S/C23H29ClN4O2/c1-16(29)25-14-17-9-12-28-21(13-17)20(15-26-28)22(30)27-23(10-3-2-4-11-23)18-5-7-19(24)8-6-18/h5-8,15,17H,2-4,9-14H2,1H3,(H,25,29)(H,27,30). The number of rotatable bonds is 5. The minimum atomic E-state index is -0.362. The van der Waals surface area contributed by atoms with Crippen LogP contribution in [0.25, 0.3) is 0 Å². The van der Waals surface area contributed by atoms with Crippen LogP contribution in [0.3, 0.4) is 0 Å². The van der Waals surface area contributed by atoms with E-state index in [0.29, 0.717) is 23.0 Å². The highest BCUT2D eigenvalue weighted by atomic mass is 35.5. The number of hydrogen-bond donors (Lipinski definition) is 2. The van der Waals surface area contributed by atoms with Gasteiger partial charge in [-0.3, -0.25) is 14.3 Å². The number of aryl methyl sites for hydroxylation is 1. The number of amides is 2. The third-order valence-corrected chi connectivity index (χ3v) is 6.77. The molecule has 2 amide bonds. The van der Waals surface area contributed by atoms with Gasteiger partial charge in [-0.15, -0.1) is 0 Å². The average Bonchev–Trinajstić information content (AvgIpc) is 3.17. The second-order valence-corrected chi connectivity index (χ2v) is 9.06. The number of aromatic nitrogens is 2. The van der Waals surface area contributed by atoms with E-state index in [9.17, 15) is 9.59 Å². The van der Waals surface area contributed by atoms with Gasteiger partial charge in [-0.25, -0.2) is 0 Å². The minimum Gasteiger partial charge on any atom is -0.356 e. The van der Waals surface area contributed by atoms with Crippen LogP contribution in [0, 0.1) is 5.92 Å². The predicted molar refractivity (Wildman–Crippen MR) is 116 cm³/mol. The van der Waals surface area contributed by atoms with E-state index in [4.69, 9.17) is 11.6 Å². The summed E-state index contributed by atoms with van der Waals surface area (Å²) in [6.45, 7) is 2.94. The van der Waals surface area contributed by atoms with Crippen LogP contribution in [-0.2, 0) is 23.3 Å². The fourth-order valence-electron chi connectivity index (χ4n) is 4.85. The number of halogens is 1. The molecule has 1 atom stereocenters. The Bertz CT molecular complexity index is 916. The van der Waals surface area contributed by atoms with Crippen LogP contribution < -0.4 is 10.6 Å². The van der Waals surface area contributed by atoms with Crippen LogP contribution >= 0.6 is 11.6 Å². The number of fused-ring (bicyclic) bond motifs is 1. The maximum absolute atomic E-state index is 13.4. The second-order valence-electron chi connectivity index (χ2n) is 8.63. The zero-order chi connectivity index (χ0) is 21.1. The van der Waals surface area contributed by atoms with E-state index in [1.807, 2.05) is 28.9 Å². The molecule has 0 bridgehead atoms. The first-order chi connectivity index (χ1) is 14.5. The van der Waals surface area contributed by atoms with Crippen molar-refractivity contribution in [2.45, 2.75) is 64.0 Å². The molecule has 1 saturated carbocycles. The quantitative estimate of drug-likeness (QED) is 0.759. The number of nitrogens with one attached hydrogen (secondary N) is 2. The molecule has 4 rings (SSSR count). The van der Waals surface area contributed by atoms with Crippen molar-refractivity contribution < 1.29 is 9.59 Å². The van der Waals surface area contributed by atoms with E-state index in [1.54, 1.807) is 6.20 Å². The summed E-state index contributed by atoms with van der Waals surface area (Å²) in [7, 11) is 0. The van der Waals surface area contributed by atoms with Crippen molar-refractivity contribution in [2.24, 2.45) is 5.92 Å². The van der Waals surface area contributed by atoms with Crippen molar-refractivity contribution in [3.05, 3.63) is 52.3 Å². The van der Waals surface area contributed by atoms with Gasteiger partial charge in [0.1, 0.15) is 0 Å². The molecule has 1 unspecified atom stereocenters. The van der Waals surface area contributed by atoms with Gasteiger partial charge in [-0.05, 0) is 49.3 Å². The van der Waals surface area contributed by atoms with E-state index >= 15 is 0 Å². The molecule has 1 fully saturated rings. The molecule has 30 heavy (non-hydrogen) atoms. The van der Waals surface area contributed by atoms with Gasteiger partial charge in [0.2, 0.25) is 5.91 Å². The Hall–Kier alpha value is -2.34. The van der Waals surface area contributed by atoms with Crippen LogP contribution in [0.15, 0.2) is 30.5 Å². The Labute approximate surface area is 182 Å². The molecule has 1 aliphatic carbocycles. The number of carbonyl (C=O) groups is 2. The molecule has 7 heteroatoms. The fraction of sp³-hybridized carbons (Fsp3) is 0.522. The molecule has 160 valence electrons. The largest absolute Gasteiger partial charge is 0.356 e. The van der Waals surface area contributed by atoms with E-state index in [0.717, 1.165) is 56.3 Å². The van der Waals surface area contributed by atoms with Gasteiger partial charge in [-0.2, -0.15) is 5.10 Å². The van der Waals surface area contributed by atoms with Gasteiger partial charge < -0.3 is 10.6 Å². The molecule has 6 nitrogen and oxygen atoms in total. The summed E-state index contributed by atoms with van der Waals surface area (Å²) in [6.07, 6.45) is 8.62. The Morgan fingerprint density at radius 2 is 1.93 bits per heavy atom. The second kappa shape index (κ2) is 8.80. The van der Waals surface area contributed by atoms with Gasteiger partial charge >= 0.3 is 0 Å². The number of carbonyl (C=O) groups excluding carboxylic acids is 2. The van der Waals surface area contributed by atoms with E-state index in [-0.39, 0.29) is 17.4 Å². The highest BCUT2D eigenvalue weighted by Gasteiger charge is 2.37. The van der Waals surface area contributed by atoms with Gasteiger partial charge in [0.05, 0.1) is 23.0 Å². The monoisotopic (exact) mass is 428 g/mol. The average molecular weight is 429 g/mol. The molecule has 0 radical (unpaired) electrons. The Morgan fingerprint density at radius 1 is 1.20 bits per heavy atom. The number of hydrogen-bond acceptors (Lipinski definition) is 3. The van der Waals surface area contributed by atoms with Crippen molar-refractivity contribution in [2.75, 3.05) is 6.54 Å². The van der Waals surface area contributed by atoms with Crippen LogP contribution in [0.5, 0.6) is 0 Å². The Balaban J connectivity index is 1.55. The maximum atomic E-state index is 13.4. The maximum Gasteiger partial charge on any atom is 0.255 e. The van der Waals surface area contributed by atoms with Gasteiger partial charge in [0.25, 0.3) is 5.91 Å². The minimum absolute atomic E-state index is 0.0192.